The van der Waals surface area contributed by atoms with E-state index >= 15 is 0 Å². The lowest BCUT2D eigenvalue weighted by molar-refractivity contribution is -0.114. The van der Waals surface area contributed by atoms with E-state index in [4.69, 9.17) is 4.74 Å². The van der Waals surface area contributed by atoms with Crippen LogP contribution in [0.25, 0.3) is 11.0 Å². The number of carbonyl (C=O) groups excluding carboxylic acids is 2. The van der Waals surface area contributed by atoms with Gasteiger partial charge in [0.25, 0.3) is 0 Å². The lowest BCUT2D eigenvalue weighted by Gasteiger charge is -2.06. The Morgan fingerprint density at radius 3 is 2.79 bits per heavy atom. The van der Waals surface area contributed by atoms with Crippen LogP contribution in [-0.4, -0.2) is 33.8 Å². The molecule has 5 nitrogen and oxygen atoms in total. The van der Waals surface area contributed by atoms with Gasteiger partial charge in [-0.15, -0.1) is 0 Å². The van der Waals surface area contributed by atoms with Crippen molar-refractivity contribution >= 4 is 34.7 Å². The lowest BCUT2D eigenvalue weighted by Crippen LogP contribution is -2.14. The molecule has 1 aromatic heterocycles. The summed E-state index contributed by atoms with van der Waals surface area (Å²) in [4.78, 5) is 27.4. The van der Waals surface area contributed by atoms with Crippen molar-refractivity contribution in [2.45, 2.75) is 19.0 Å². The fourth-order valence-corrected chi connectivity index (χ4v) is 2.43. The van der Waals surface area contributed by atoms with Crippen LogP contribution in [0.4, 0.5) is 4.79 Å². The van der Waals surface area contributed by atoms with Gasteiger partial charge in [0.1, 0.15) is 5.78 Å². The molecule has 0 saturated heterocycles. The molecule has 0 spiro atoms. The normalized spacial score (nSPS) is 10.6. The molecule has 0 fully saturated rings. The van der Waals surface area contributed by atoms with Gasteiger partial charge >= 0.3 is 6.09 Å². The van der Waals surface area contributed by atoms with E-state index in [0.717, 1.165) is 0 Å². The smallest absolute Gasteiger partial charge is 0.420 e. The number of aromatic nitrogens is 2. The summed E-state index contributed by atoms with van der Waals surface area (Å²) in [6, 6.07) is 7.31. The fraction of sp³-hybridized carbons (Fsp3) is 0.308. The van der Waals surface area contributed by atoms with Crippen LogP contribution >= 0.6 is 11.8 Å². The first-order chi connectivity index (χ1) is 9.13. The van der Waals surface area contributed by atoms with Crippen LogP contribution in [0.2, 0.25) is 0 Å². The molecule has 0 amide bonds. The Hall–Kier alpha value is -1.82. The second kappa shape index (κ2) is 5.88. The largest absolute Gasteiger partial charge is 0.449 e. The first-order valence-electron chi connectivity index (χ1n) is 5.90. The third-order valence-corrected chi connectivity index (χ3v) is 3.47. The number of thioether (sulfide) groups is 1. The van der Waals surface area contributed by atoms with Crippen molar-refractivity contribution in [1.82, 2.24) is 9.55 Å². The monoisotopic (exact) mass is 278 g/mol. The highest BCUT2D eigenvalue weighted by atomic mass is 32.2. The molecule has 0 aliphatic rings. The van der Waals surface area contributed by atoms with Crippen LogP contribution in [-0.2, 0) is 9.53 Å². The number of imidazole rings is 1. The molecular formula is C13H14N2O3S. The number of para-hydroxylation sites is 2. The highest BCUT2D eigenvalue weighted by molar-refractivity contribution is 7.99. The Bertz CT molecular complexity index is 621. The second-order valence-electron chi connectivity index (χ2n) is 3.91. The topological polar surface area (TPSA) is 61.2 Å². The SMILES string of the molecule is CCOC(=O)n1c(SCC(C)=O)nc2ccccc21. The molecule has 0 aliphatic carbocycles. The van der Waals surface area contributed by atoms with Gasteiger partial charge in [0, 0.05) is 0 Å². The van der Waals surface area contributed by atoms with E-state index in [2.05, 4.69) is 4.98 Å². The maximum atomic E-state index is 12.0. The van der Waals surface area contributed by atoms with Gasteiger partial charge in [0.2, 0.25) is 0 Å². The Balaban J connectivity index is 2.45. The number of fused-ring (bicyclic) bond motifs is 1. The van der Waals surface area contributed by atoms with E-state index in [9.17, 15) is 9.59 Å². The molecule has 100 valence electrons. The minimum Gasteiger partial charge on any atom is -0.449 e. The van der Waals surface area contributed by atoms with Gasteiger partial charge in [-0.2, -0.15) is 0 Å². The van der Waals surface area contributed by atoms with Crippen molar-refractivity contribution in [3.05, 3.63) is 24.3 Å². The Kier molecular flexibility index (Phi) is 4.21. The molecule has 1 aromatic carbocycles. The first kappa shape index (κ1) is 13.6. The molecule has 2 aromatic rings. The zero-order chi connectivity index (χ0) is 13.8. The average molecular weight is 278 g/mol. The molecule has 2 rings (SSSR count). The molecule has 6 heteroatoms. The van der Waals surface area contributed by atoms with Crippen LogP contribution < -0.4 is 0 Å². The van der Waals surface area contributed by atoms with Crippen LogP contribution in [0.3, 0.4) is 0 Å². The summed E-state index contributed by atoms with van der Waals surface area (Å²) in [5.74, 6) is 0.315. The summed E-state index contributed by atoms with van der Waals surface area (Å²) in [6.07, 6.45) is -0.470. The number of ketones is 1. The molecule has 0 N–H and O–H groups in total. The number of benzene rings is 1. The summed E-state index contributed by atoms with van der Waals surface area (Å²) in [7, 11) is 0. The number of hydrogen-bond donors (Lipinski definition) is 0. The van der Waals surface area contributed by atoms with Gasteiger partial charge in [-0.05, 0) is 26.0 Å². The van der Waals surface area contributed by atoms with Gasteiger partial charge in [0.15, 0.2) is 5.16 Å². The molecule has 0 bridgehead atoms. The van der Waals surface area contributed by atoms with Gasteiger partial charge in [0.05, 0.1) is 23.4 Å². The predicted molar refractivity (Wildman–Crippen MR) is 73.6 cm³/mol. The minimum absolute atomic E-state index is 0.0347. The first-order valence-corrected chi connectivity index (χ1v) is 6.89. The number of nitrogens with zero attached hydrogens (tertiary/aromatic N) is 2. The molecule has 19 heavy (non-hydrogen) atoms. The van der Waals surface area contributed by atoms with Crippen LogP contribution in [0.15, 0.2) is 29.4 Å². The van der Waals surface area contributed by atoms with Crippen LogP contribution in [0.1, 0.15) is 13.8 Å². The van der Waals surface area contributed by atoms with Crippen molar-refractivity contribution in [3.63, 3.8) is 0 Å². The highest BCUT2D eigenvalue weighted by Crippen LogP contribution is 2.24. The molecular weight excluding hydrogens is 264 g/mol. The van der Waals surface area contributed by atoms with E-state index in [1.165, 1.54) is 23.3 Å². The predicted octanol–water partition coefficient (Wildman–Crippen LogP) is 2.72. The van der Waals surface area contributed by atoms with Crippen molar-refractivity contribution in [1.29, 1.82) is 0 Å². The summed E-state index contributed by atoms with van der Waals surface area (Å²) < 4.78 is 6.44. The third-order valence-electron chi connectivity index (χ3n) is 2.38. The molecule has 0 unspecified atom stereocenters. The molecule has 1 heterocycles. The van der Waals surface area contributed by atoms with Gasteiger partial charge in [-0.1, -0.05) is 23.9 Å². The Morgan fingerprint density at radius 1 is 1.37 bits per heavy atom. The van der Waals surface area contributed by atoms with Gasteiger partial charge in [-0.3, -0.25) is 4.79 Å². The second-order valence-corrected chi connectivity index (χ2v) is 4.85. The molecule has 0 radical (unpaired) electrons. The van der Waals surface area contributed by atoms with E-state index < -0.39 is 6.09 Å². The quantitative estimate of drug-likeness (QED) is 0.805. The van der Waals surface area contributed by atoms with Crippen molar-refractivity contribution in [3.8, 4) is 0 Å². The van der Waals surface area contributed by atoms with E-state index in [1.807, 2.05) is 18.2 Å². The zero-order valence-corrected chi connectivity index (χ0v) is 11.6. The molecule has 0 aliphatic heterocycles. The van der Waals surface area contributed by atoms with Crippen LogP contribution in [0.5, 0.6) is 0 Å². The summed E-state index contributed by atoms with van der Waals surface area (Å²) in [5.41, 5.74) is 1.40. The summed E-state index contributed by atoms with van der Waals surface area (Å²) in [6.45, 7) is 3.55. The fourth-order valence-electron chi connectivity index (χ4n) is 1.63. The molecule has 0 atom stereocenters. The standard InChI is InChI=1S/C13H14N2O3S/c1-3-18-13(17)15-11-7-5-4-6-10(11)14-12(15)19-8-9(2)16/h4-7H,3,8H2,1-2H3. The number of hydrogen-bond acceptors (Lipinski definition) is 5. The molecule has 0 saturated carbocycles. The number of Topliss-reactive ketones (excluding diaryl/α,β-unsaturated/α-hetero) is 1. The van der Waals surface area contributed by atoms with E-state index in [-0.39, 0.29) is 11.5 Å². The van der Waals surface area contributed by atoms with E-state index in [1.54, 1.807) is 13.0 Å². The maximum absolute atomic E-state index is 12.0. The minimum atomic E-state index is -0.470. The zero-order valence-electron chi connectivity index (χ0n) is 10.8. The number of ether oxygens (including phenoxy) is 1. The summed E-state index contributed by atoms with van der Waals surface area (Å²) >= 11 is 1.24. The highest BCUT2D eigenvalue weighted by Gasteiger charge is 2.18. The summed E-state index contributed by atoms with van der Waals surface area (Å²) in [5, 5.41) is 0.481. The van der Waals surface area contributed by atoms with Gasteiger partial charge < -0.3 is 4.74 Å². The number of carbonyl (C=O) groups is 2. The Labute approximate surface area is 115 Å². The lowest BCUT2D eigenvalue weighted by atomic mass is 10.3. The van der Waals surface area contributed by atoms with E-state index in [0.29, 0.717) is 22.8 Å². The average Bonchev–Trinajstić information content (AvgIpc) is 2.74. The van der Waals surface area contributed by atoms with Gasteiger partial charge in [-0.25, -0.2) is 14.3 Å². The van der Waals surface area contributed by atoms with Crippen molar-refractivity contribution in [2.24, 2.45) is 0 Å². The van der Waals surface area contributed by atoms with Crippen LogP contribution in [0, 0.1) is 0 Å². The third kappa shape index (κ3) is 2.96. The number of rotatable bonds is 4. The van der Waals surface area contributed by atoms with Crippen molar-refractivity contribution in [2.75, 3.05) is 12.4 Å². The Morgan fingerprint density at radius 2 is 2.11 bits per heavy atom. The maximum Gasteiger partial charge on any atom is 0.420 e. The van der Waals surface area contributed by atoms with Crippen molar-refractivity contribution < 1.29 is 14.3 Å².